The molecule has 0 bridgehead atoms. The fraction of sp³-hybridized carbons (Fsp3) is 0.250. The Kier molecular flexibility index (Phi) is 11.7. The Labute approximate surface area is 310 Å². The highest BCUT2D eigenvalue weighted by atomic mass is 35.5. The number of nitriles is 1. The van der Waals surface area contributed by atoms with Crippen molar-refractivity contribution in [3.05, 3.63) is 123 Å². The number of ether oxygens (including phenoxy) is 2. The van der Waals surface area contributed by atoms with Gasteiger partial charge < -0.3 is 34.2 Å². The van der Waals surface area contributed by atoms with Gasteiger partial charge in [-0.25, -0.2) is 0 Å². The van der Waals surface area contributed by atoms with Crippen molar-refractivity contribution in [3.8, 4) is 40.0 Å². The highest BCUT2D eigenvalue weighted by molar-refractivity contribution is 6.32. The Morgan fingerprint density at radius 1 is 1.02 bits per heavy atom. The summed E-state index contributed by atoms with van der Waals surface area (Å²) in [5.41, 5.74) is 6.49. The van der Waals surface area contributed by atoms with Gasteiger partial charge in [0, 0.05) is 42.9 Å². The molecular weight excluding hydrogens is 700 g/mol. The number of β-amino-alcohol motifs (C(OH)–C–C–N with tert-alkyl or cyclic N) is 1. The van der Waals surface area contributed by atoms with Gasteiger partial charge in [0.1, 0.15) is 30.8 Å². The smallest absolute Gasteiger partial charge is 0.323 e. The SMILES string of the molecule is Cc1c(COc2cc(OCc3cccc(C#N)c3)c(CN[C@@H](CO)C(=O)O)cc2Cl)cccc1-c1cccc(-c2cc(C(=O)N3CC[C@@H](O)C3)no2)c1. The lowest BCUT2D eigenvalue weighted by molar-refractivity contribution is -0.140. The summed E-state index contributed by atoms with van der Waals surface area (Å²) < 4.78 is 18.0. The number of likely N-dealkylation sites (tertiary alicyclic amines) is 1. The number of hydrogen-bond acceptors (Lipinski definition) is 10. The third-order valence-corrected chi connectivity index (χ3v) is 9.35. The number of aliphatic hydroxyl groups is 2. The number of benzene rings is 4. The number of aromatic nitrogens is 1. The van der Waals surface area contributed by atoms with Gasteiger partial charge >= 0.3 is 5.97 Å². The van der Waals surface area contributed by atoms with E-state index >= 15 is 0 Å². The van der Waals surface area contributed by atoms with E-state index in [9.17, 15) is 30.2 Å². The van der Waals surface area contributed by atoms with Crippen LogP contribution < -0.4 is 14.8 Å². The average molecular weight is 737 g/mol. The Morgan fingerprint density at radius 3 is 2.55 bits per heavy atom. The summed E-state index contributed by atoms with van der Waals surface area (Å²) in [6.45, 7) is 2.48. The lowest BCUT2D eigenvalue weighted by atomic mass is 9.95. The van der Waals surface area contributed by atoms with Crippen molar-refractivity contribution in [2.75, 3.05) is 19.7 Å². The van der Waals surface area contributed by atoms with Gasteiger partial charge in [0.25, 0.3) is 5.91 Å². The van der Waals surface area contributed by atoms with E-state index in [0.717, 1.165) is 33.4 Å². The molecule has 2 heterocycles. The molecule has 272 valence electrons. The molecule has 12 nitrogen and oxygen atoms in total. The average Bonchev–Trinajstić information content (AvgIpc) is 3.84. The first-order chi connectivity index (χ1) is 25.6. The molecule has 1 amide bonds. The van der Waals surface area contributed by atoms with Crippen molar-refractivity contribution in [3.63, 3.8) is 0 Å². The minimum absolute atomic E-state index is 0.0412. The van der Waals surface area contributed by atoms with E-state index < -0.39 is 24.7 Å². The predicted octanol–water partition coefficient (Wildman–Crippen LogP) is 5.74. The number of carbonyl (C=O) groups excluding carboxylic acids is 1. The number of rotatable bonds is 14. The second kappa shape index (κ2) is 16.8. The van der Waals surface area contributed by atoms with Crippen LogP contribution in [0.15, 0.2) is 89.5 Å². The predicted molar refractivity (Wildman–Crippen MR) is 195 cm³/mol. The quantitative estimate of drug-likeness (QED) is 0.109. The molecule has 2 atom stereocenters. The van der Waals surface area contributed by atoms with Crippen LogP contribution in [0, 0.1) is 18.3 Å². The van der Waals surface area contributed by atoms with E-state index in [0.29, 0.717) is 41.4 Å². The van der Waals surface area contributed by atoms with Gasteiger partial charge in [-0.1, -0.05) is 65.3 Å². The van der Waals surface area contributed by atoms with Crippen LogP contribution in [0.5, 0.6) is 11.5 Å². The van der Waals surface area contributed by atoms with E-state index in [4.69, 9.17) is 25.6 Å². The van der Waals surface area contributed by atoms with Gasteiger partial charge in [0.2, 0.25) is 0 Å². The number of nitrogens with one attached hydrogen (secondary N) is 1. The van der Waals surface area contributed by atoms with Gasteiger partial charge in [-0.15, -0.1) is 0 Å². The maximum absolute atomic E-state index is 12.9. The number of aliphatic hydroxyl groups excluding tert-OH is 2. The Bertz CT molecular complexity index is 2160. The minimum atomic E-state index is -1.20. The summed E-state index contributed by atoms with van der Waals surface area (Å²) in [6.07, 6.45) is 0.0127. The molecule has 1 fully saturated rings. The maximum atomic E-state index is 12.9. The molecule has 13 heteroatoms. The van der Waals surface area contributed by atoms with E-state index in [1.807, 2.05) is 55.5 Å². The fourth-order valence-corrected chi connectivity index (χ4v) is 6.30. The molecule has 0 saturated carbocycles. The van der Waals surface area contributed by atoms with Gasteiger partial charge in [-0.2, -0.15) is 5.26 Å². The molecule has 53 heavy (non-hydrogen) atoms. The Hall–Kier alpha value is -5.71. The summed E-state index contributed by atoms with van der Waals surface area (Å²) in [5.74, 6) is -0.290. The van der Waals surface area contributed by atoms with Crippen LogP contribution >= 0.6 is 11.6 Å². The zero-order valence-electron chi connectivity index (χ0n) is 28.8. The second-order valence-electron chi connectivity index (χ2n) is 12.7. The monoisotopic (exact) mass is 736 g/mol. The molecule has 4 N–H and O–H groups in total. The highest BCUT2D eigenvalue weighted by Gasteiger charge is 2.28. The molecule has 1 aliphatic heterocycles. The molecule has 6 rings (SSSR count). The maximum Gasteiger partial charge on any atom is 0.323 e. The summed E-state index contributed by atoms with van der Waals surface area (Å²) >= 11 is 6.68. The number of carboxylic acids is 1. The Balaban J connectivity index is 1.20. The summed E-state index contributed by atoms with van der Waals surface area (Å²) in [7, 11) is 0. The van der Waals surface area contributed by atoms with E-state index in [1.54, 1.807) is 41.3 Å². The number of nitrogens with zero attached hydrogens (tertiary/aromatic N) is 3. The second-order valence-corrected chi connectivity index (χ2v) is 13.1. The van der Waals surface area contributed by atoms with Crippen LogP contribution in [-0.2, 0) is 24.6 Å². The van der Waals surface area contributed by atoms with Crippen molar-refractivity contribution < 1.29 is 38.9 Å². The normalized spacial score (nSPS) is 14.5. The number of carboxylic acid groups (broad SMARTS) is 1. The molecule has 0 radical (unpaired) electrons. The van der Waals surface area contributed by atoms with E-state index in [2.05, 4.69) is 16.5 Å². The number of halogens is 1. The topological polar surface area (TPSA) is 178 Å². The lowest BCUT2D eigenvalue weighted by Crippen LogP contribution is -2.39. The van der Waals surface area contributed by atoms with Crippen molar-refractivity contribution in [2.24, 2.45) is 0 Å². The zero-order chi connectivity index (χ0) is 37.5. The number of amides is 1. The zero-order valence-corrected chi connectivity index (χ0v) is 29.5. The third-order valence-electron chi connectivity index (χ3n) is 9.05. The fourth-order valence-electron chi connectivity index (χ4n) is 6.06. The van der Waals surface area contributed by atoms with Crippen LogP contribution in [0.4, 0.5) is 0 Å². The lowest BCUT2D eigenvalue weighted by Gasteiger charge is -2.18. The molecule has 0 unspecified atom stereocenters. The van der Waals surface area contributed by atoms with E-state index in [-0.39, 0.29) is 42.9 Å². The first-order valence-corrected chi connectivity index (χ1v) is 17.3. The molecular formula is C40H37ClN4O8. The van der Waals surface area contributed by atoms with Gasteiger partial charge in [0.05, 0.1) is 29.4 Å². The molecule has 4 aromatic carbocycles. The van der Waals surface area contributed by atoms with Crippen molar-refractivity contribution in [1.29, 1.82) is 5.26 Å². The summed E-state index contributed by atoms with van der Waals surface area (Å²) in [4.78, 5) is 25.9. The van der Waals surface area contributed by atoms with Gasteiger partial charge in [-0.3, -0.25) is 14.9 Å². The van der Waals surface area contributed by atoms with Crippen molar-refractivity contribution in [2.45, 2.75) is 45.2 Å². The van der Waals surface area contributed by atoms with Gasteiger partial charge in [0.15, 0.2) is 11.5 Å². The molecule has 1 saturated heterocycles. The highest BCUT2D eigenvalue weighted by Crippen LogP contribution is 2.35. The first kappa shape index (κ1) is 37.1. The van der Waals surface area contributed by atoms with Crippen LogP contribution in [-0.4, -0.2) is 69.1 Å². The van der Waals surface area contributed by atoms with E-state index in [1.165, 1.54) is 0 Å². The third kappa shape index (κ3) is 8.85. The van der Waals surface area contributed by atoms with Crippen LogP contribution in [0.1, 0.15) is 44.7 Å². The summed E-state index contributed by atoms with van der Waals surface area (Å²) in [6, 6.07) is 26.5. The van der Waals surface area contributed by atoms with Crippen LogP contribution in [0.3, 0.4) is 0 Å². The number of hydrogen-bond donors (Lipinski definition) is 4. The Morgan fingerprint density at radius 2 is 1.79 bits per heavy atom. The molecule has 1 aromatic heterocycles. The van der Waals surface area contributed by atoms with Crippen LogP contribution in [0.2, 0.25) is 5.02 Å². The minimum Gasteiger partial charge on any atom is -0.488 e. The number of aliphatic carboxylic acids is 1. The standard InChI is InChI=1S/C40H37ClN4O8/c1-24-29(9-4-10-32(24)27-7-3-8-28(14-27)37-16-34(44-53-37)39(48)45-12-11-31(47)20-45)23-52-38-17-36(51-22-26-6-2-5-25(13-26)18-42)30(15-33(38)41)19-43-35(21-46)40(49)50/h2-10,13-17,31,35,43,46-47H,11-12,19-23H2,1H3,(H,49,50)/t31-,35+/m1/s1. The molecule has 5 aromatic rings. The number of carbonyl (C=O) groups is 2. The summed E-state index contributed by atoms with van der Waals surface area (Å²) in [5, 5.41) is 45.1. The molecule has 0 aliphatic carbocycles. The molecule has 1 aliphatic rings. The first-order valence-electron chi connectivity index (χ1n) is 16.9. The van der Waals surface area contributed by atoms with Gasteiger partial charge in [-0.05, 0) is 65.4 Å². The van der Waals surface area contributed by atoms with Crippen molar-refractivity contribution in [1.82, 2.24) is 15.4 Å². The van der Waals surface area contributed by atoms with Crippen LogP contribution in [0.25, 0.3) is 22.5 Å². The largest absolute Gasteiger partial charge is 0.488 e. The van der Waals surface area contributed by atoms with Crippen molar-refractivity contribution >= 4 is 23.5 Å². The molecule has 0 spiro atoms.